The maximum Gasteiger partial charge on any atom is 0.387 e. The summed E-state index contributed by atoms with van der Waals surface area (Å²) in [5.74, 6) is 0.125. The van der Waals surface area contributed by atoms with Crippen LogP contribution >= 0.6 is 0 Å². The number of benzene rings is 1. The molecule has 1 aromatic carbocycles. The largest absolute Gasteiger partial charge is 0.435 e. The summed E-state index contributed by atoms with van der Waals surface area (Å²) in [7, 11) is 0. The number of amides is 2. The highest BCUT2D eigenvalue weighted by molar-refractivity contribution is 5.83. The van der Waals surface area contributed by atoms with Gasteiger partial charge in [0.15, 0.2) is 0 Å². The number of urea groups is 1. The van der Waals surface area contributed by atoms with Crippen molar-refractivity contribution < 1.29 is 18.3 Å². The molecule has 0 saturated carbocycles. The van der Waals surface area contributed by atoms with E-state index in [2.05, 4.69) is 15.3 Å². The molecule has 7 heteroatoms. The van der Waals surface area contributed by atoms with Gasteiger partial charge in [0.25, 0.3) is 0 Å². The fourth-order valence-corrected chi connectivity index (χ4v) is 1.37. The van der Waals surface area contributed by atoms with Gasteiger partial charge in [0.2, 0.25) is 0 Å². The molecule has 3 N–H and O–H groups in total. The van der Waals surface area contributed by atoms with Crippen LogP contribution in [-0.2, 0) is 6.42 Å². The van der Waals surface area contributed by atoms with E-state index in [1.54, 1.807) is 19.1 Å². The first-order chi connectivity index (χ1) is 8.97. The van der Waals surface area contributed by atoms with Crippen LogP contribution in [0.5, 0.6) is 5.75 Å². The van der Waals surface area contributed by atoms with Crippen LogP contribution in [0.1, 0.15) is 18.9 Å². The fraction of sp³-hybridized carbons (Fsp3) is 0.333. The average Bonchev–Trinajstić information content (AvgIpc) is 2.35. The van der Waals surface area contributed by atoms with Crippen LogP contribution in [0.4, 0.5) is 13.6 Å². The molecule has 0 fully saturated rings. The Balaban J connectivity index is 2.45. The second kappa shape index (κ2) is 7.30. The van der Waals surface area contributed by atoms with Gasteiger partial charge in [-0.1, -0.05) is 12.1 Å². The van der Waals surface area contributed by atoms with Crippen LogP contribution in [-0.4, -0.2) is 18.4 Å². The quantitative estimate of drug-likeness (QED) is 0.615. The molecule has 5 nitrogen and oxygen atoms in total. The minimum absolute atomic E-state index is 0.125. The van der Waals surface area contributed by atoms with E-state index in [4.69, 9.17) is 5.73 Å². The summed E-state index contributed by atoms with van der Waals surface area (Å²) in [4.78, 5) is 10.4. The molecule has 2 amide bonds. The van der Waals surface area contributed by atoms with Gasteiger partial charge in [0.1, 0.15) is 5.75 Å². The van der Waals surface area contributed by atoms with Gasteiger partial charge in [-0.3, -0.25) is 0 Å². The predicted molar refractivity (Wildman–Crippen MR) is 67.2 cm³/mol. The molecule has 0 aliphatic rings. The first-order valence-electron chi connectivity index (χ1n) is 5.59. The Labute approximate surface area is 109 Å². The molecule has 104 valence electrons. The number of nitrogens with zero attached hydrogens (tertiary/aromatic N) is 1. The molecular formula is C12H15F2N3O2. The summed E-state index contributed by atoms with van der Waals surface area (Å²) in [6.45, 7) is -1.07. The van der Waals surface area contributed by atoms with Crippen molar-refractivity contribution in [1.82, 2.24) is 5.43 Å². The van der Waals surface area contributed by atoms with Gasteiger partial charge in [-0.05, 0) is 37.5 Å². The highest BCUT2D eigenvalue weighted by Gasteiger charge is 2.03. The minimum Gasteiger partial charge on any atom is -0.435 e. The lowest BCUT2D eigenvalue weighted by molar-refractivity contribution is -0.0498. The third-order valence-corrected chi connectivity index (χ3v) is 2.28. The molecule has 0 unspecified atom stereocenters. The molecule has 0 bridgehead atoms. The lowest BCUT2D eigenvalue weighted by atomic mass is 10.1. The number of halogens is 2. The number of primary amides is 1. The molecule has 19 heavy (non-hydrogen) atoms. The lowest BCUT2D eigenvalue weighted by Crippen LogP contribution is -2.25. The van der Waals surface area contributed by atoms with Crippen molar-refractivity contribution in [1.29, 1.82) is 0 Å². The second-order valence-corrected chi connectivity index (χ2v) is 3.85. The molecule has 0 saturated heterocycles. The zero-order valence-electron chi connectivity index (χ0n) is 10.4. The number of rotatable bonds is 6. The average molecular weight is 271 g/mol. The van der Waals surface area contributed by atoms with Crippen LogP contribution in [0.25, 0.3) is 0 Å². The number of hydrazone groups is 1. The van der Waals surface area contributed by atoms with Gasteiger partial charge in [-0.25, -0.2) is 10.2 Å². The molecular weight excluding hydrogens is 256 g/mol. The summed E-state index contributed by atoms with van der Waals surface area (Å²) in [5.41, 5.74) is 8.68. The smallest absolute Gasteiger partial charge is 0.387 e. The topological polar surface area (TPSA) is 76.7 Å². The number of nitrogens with one attached hydrogen (secondary N) is 1. The van der Waals surface area contributed by atoms with Crippen LogP contribution in [0.15, 0.2) is 29.4 Å². The number of carbonyl (C=O) groups excluding carboxylic acids is 1. The van der Waals surface area contributed by atoms with Crippen LogP contribution < -0.4 is 15.9 Å². The SMILES string of the molecule is C/C(CCc1ccc(OC(F)F)cc1)=N/NC(N)=O. The van der Waals surface area contributed by atoms with Gasteiger partial charge in [0, 0.05) is 5.71 Å². The third kappa shape index (κ3) is 6.35. The van der Waals surface area contributed by atoms with E-state index in [9.17, 15) is 13.6 Å². The van der Waals surface area contributed by atoms with E-state index in [1.807, 2.05) is 0 Å². The number of nitrogens with two attached hydrogens (primary N) is 1. The first-order valence-corrected chi connectivity index (χ1v) is 5.59. The summed E-state index contributed by atoms with van der Waals surface area (Å²) in [6, 6.07) is 5.65. The Kier molecular flexibility index (Phi) is 5.72. The summed E-state index contributed by atoms with van der Waals surface area (Å²) in [6.07, 6.45) is 1.29. The van der Waals surface area contributed by atoms with Gasteiger partial charge in [0.05, 0.1) is 0 Å². The molecule has 0 aliphatic carbocycles. The van der Waals surface area contributed by atoms with Crippen LogP contribution in [0, 0.1) is 0 Å². The molecule has 0 atom stereocenters. The van der Waals surface area contributed by atoms with E-state index in [1.165, 1.54) is 12.1 Å². The number of hydrogen-bond acceptors (Lipinski definition) is 3. The standard InChI is InChI=1S/C12H15F2N3O2/c1-8(16-17-12(15)18)2-3-9-4-6-10(7-5-9)19-11(13)14/h4-7,11H,2-3H2,1H3,(H3,15,17,18)/b16-8-. The highest BCUT2D eigenvalue weighted by Crippen LogP contribution is 2.15. The Morgan fingerprint density at radius 1 is 1.42 bits per heavy atom. The van der Waals surface area contributed by atoms with Gasteiger partial charge < -0.3 is 10.5 Å². The normalized spacial score (nSPS) is 11.5. The van der Waals surface area contributed by atoms with Crippen LogP contribution in [0.3, 0.4) is 0 Å². The van der Waals surface area contributed by atoms with E-state index >= 15 is 0 Å². The molecule has 0 aliphatic heterocycles. The van der Waals surface area contributed by atoms with Gasteiger partial charge in [-0.15, -0.1) is 0 Å². The Morgan fingerprint density at radius 2 is 2.05 bits per heavy atom. The number of hydrogen-bond donors (Lipinski definition) is 2. The zero-order valence-corrected chi connectivity index (χ0v) is 10.4. The molecule has 1 rings (SSSR count). The van der Waals surface area contributed by atoms with Crippen molar-refractivity contribution in [3.8, 4) is 5.75 Å². The summed E-state index contributed by atoms with van der Waals surface area (Å²) >= 11 is 0. The summed E-state index contributed by atoms with van der Waals surface area (Å²) < 4.78 is 28.1. The monoisotopic (exact) mass is 271 g/mol. The maximum atomic E-state index is 11.9. The molecule has 0 radical (unpaired) electrons. The van der Waals surface area contributed by atoms with Gasteiger partial charge in [-0.2, -0.15) is 13.9 Å². The van der Waals surface area contributed by atoms with Gasteiger partial charge >= 0.3 is 12.6 Å². The molecule has 0 heterocycles. The number of ether oxygens (including phenoxy) is 1. The number of aryl methyl sites for hydroxylation is 1. The Morgan fingerprint density at radius 3 is 2.58 bits per heavy atom. The van der Waals surface area contributed by atoms with Crippen molar-refractivity contribution in [2.45, 2.75) is 26.4 Å². The Bertz CT molecular complexity index is 447. The highest BCUT2D eigenvalue weighted by atomic mass is 19.3. The first kappa shape index (κ1) is 14.9. The van der Waals surface area contributed by atoms with E-state index in [0.29, 0.717) is 18.6 Å². The fourth-order valence-electron chi connectivity index (χ4n) is 1.37. The Hall–Kier alpha value is -2.18. The van der Waals surface area contributed by atoms with E-state index in [0.717, 1.165) is 5.56 Å². The predicted octanol–water partition coefficient (Wildman–Crippen LogP) is 2.26. The zero-order chi connectivity index (χ0) is 14.3. The van der Waals surface area contributed by atoms with Crippen molar-refractivity contribution in [3.05, 3.63) is 29.8 Å². The maximum absolute atomic E-state index is 11.9. The van der Waals surface area contributed by atoms with E-state index in [-0.39, 0.29) is 5.75 Å². The number of carbonyl (C=O) groups is 1. The summed E-state index contributed by atoms with van der Waals surface area (Å²) in [5, 5.41) is 3.76. The molecule has 0 spiro atoms. The van der Waals surface area contributed by atoms with Crippen LogP contribution in [0.2, 0.25) is 0 Å². The third-order valence-electron chi connectivity index (χ3n) is 2.28. The molecule has 1 aromatic rings. The molecule has 0 aromatic heterocycles. The van der Waals surface area contributed by atoms with Crippen molar-refractivity contribution >= 4 is 11.7 Å². The second-order valence-electron chi connectivity index (χ2n) is 3.85. The lowest BCUT2D eigenvalue weighted by Gasteiger charge is -2.06. The van der Waals surface area contributed by atoms with Crippen molar-refractivity contribution in [3.63, 3.8) is 0 Å². The number of alkyl halides is 2. The minimum atomic E-state index is -2.82. The van der Waals surface area contributed by atoms with Crippen molar-refractivity contribution in [2.24, 2.45) is 10.8 Å². The van der Waals surface area contributed by atoms with E-state index < -0.39 is 12.6 Å². The van der Waals surface area contributed by atoms with Crippen molar-refractivity contribution in [2.75, 3.05) is 0 Å².